The highest BCUT2D eigenvalue weighted by Crippen LogP contribution is 2.34. The minimum absolute atomic E-state index is 0.107. The fraction of sp³-hybridized carbons (Fsp3) is 0.364. The molecule has 0 bridgehead atoms. The van der Waals surface area contributed by atoms with Crippen LogP contribution in [0.2, 0.25) is 0 Å². The highest BCUT2D eigenvalue weighted by Gasteiger charge is 2.33. The summed E-state index contributed by atoms with van der Waals surface area (Å²) in [7, 11) is 4.23. The Hall–Kier alpha value is -2.64. The van der Waals surface area contributed by atoms with Gasteiger partial charge in [-0.15, -0.1) is 0 Å². The van der Waals surface area contributed by atoms with Gasteiger partial charge in [0.1, 0.15) is 6.61 Å². The monoisotopic (exact) mass is 412 g/mol. The fourth-order valence-electron chi connectivity index (χ4n) is 3.40. The molecule has 1 aliphatic heterocycles. The lowest BCUT2D eigenvalue weighted by atomic mass is 10.2. The van der Waals surface area contributed by atoms with Crippen LogP contribution in [0.4, 0.5) is 5.13 Å². The van der Waals surface area contributed by atoms with Gasteiger partial charge in [-0.25, -0.2) is 4.98 Å². The Bertz CT molecular complexity index is 1020. The molecule has 1 N–H and O–H groups in total. The summed E-state index contributed by atoms with van der Waals surface area (Å²) < 4.78 is 12.8. The number of hydrogen-bond donors (Lipinski definition) is 1. The van der Waals surface area contributed by atoms with E-state index in [0.717, 1.165) is 33.9 Å². The van der Waals surface area contributed by atoms with Gasteiger partial charge in [0.2, 0.25) is 6.10 Å². The van der Waals surface area contributed by atoms with E-state index in [9.17, 15) is 4.79 Å². The normalized spacial score (nSPS) is 15.7. The zero-order chi connectivity index (χ0) is 20.4. The Balaban J connectivity index is 1.61. The molecule has 0 saturated heterocycles. The van der Waals surface area contributed by atoms with Crippen LogP contribution in [0.15, 0.2) is 42.5 Å². The van der Waals surface area contributed by atoms with E-state index >= 15 is 0 Å². The molecule has 3 aromatic rings. The standard InChI is InChI=1S/C22H25N3O3S/c1-15-8-6-11-19-20(15)23-22(29-19)25(13-7-12-24(2)3)21(26)18-14-27-16-9-4-5-10-17(16)28-18/h4-6,8-11,18H,7,12-14H2,1-3H3/p+1/t18-/m1/s1. The highest BCUT2D eigenvalue weighted by molar-refractivity contribution is 7.22. The maximum Gasteiger partial charge on any atom is 0.273 e. The van der Waals surface area contributed by atoms with Crippen LogP contribution >= 0.6 is 11.3 Å². The van der Waals surface area contributed by atoms with Crippen molar-refractivity contribution in [3.05, 3.63) is 48.0 Å². The number of thiazole rings is 1. The molecule has 0 saturated carbocycles. The van der Waals surface area contributed by atoms with Gasteiger partial charge in [-0.1, -0.05) is 35.6 Å². The first-order valence-corrected chi connectivity index (χ1v) is 10.7. The smallest absolute Gasteiger partial charge is 0.273 e. The van der Waals surface area contributed by atoms with E-state index in [2.05, 4.69) is 14.1 Å². The van der Waals surface area contributed by atoms with Crippen molar-refractivity contribution in [1.82, 2.24) is 4.98 Å². The first-order chi connectivity index (χ1) is 14.0. The molecule has 0 spiro atoms. The number of amides is 1. The summed E-state index contributed by atoms with van der Waals surface area (Å²) in [5.74, 6) is 1.18. The Labute approximate surface area is 174 Å². The molecule has 0 aliphatic carbocycles. The predicted octanol–water partition coefficient (Wildman–Crippen LogP) is 2.31. The van der Waals surface area contributed by atoms with Crippen LogP contribution < -0.4 is 19.3 Å². The van der Waals surface area contributed by atoms with Gasteiger partial charge in [0.05, 0.1) is 30.9 Å². The average molecular weight is 413 g/mol. The number of aryl methyl sites for hydroxylation is 1. The van der Waals surface area contributed by atoms with Crippen molar-refractivity contribution in [3.63, 3.8) is 0 Å². The van der Waals surface area contributed by atoms with Gasteiger partial charge in [0.25, 0.3) is 5.91 Å². The third-order valence-electron chi connectivity index (χ3n) is 4.95. The molecule has 29 heavy (non-hydrogen) atoms. The van der Waals surface area contributed by atoms with Gasteiger partial charge in [-0.2, -0.15) is 0 Å². The number of fused-ring (bicyclic) bond motifs is 2. The fourth-order valence-corrected chi connectivity index (χ4v) is 4.47. The van der Waals surface area contributed by atoms with Gasteiger partial charge in [0, 0.05) is 13.0 Å². The molecule has 6 nitrogen and oxygen atoms in total. The van der Waals surface area contributed by atoms with Gasteiger partial charge in [-0.3, -0.25) is 9.69 Å². The number of ether oxygens (including phenoxy) is 2. The lowest BCUT2D eigenvalue weighted by molar-refractivity contribution is -0.858. The summed E-state index contributed by atoms with van der Waals surface area (Å²) in [6.07, 6.45) is 0.206. The van der Waals surface area contributed by atoms with Crippen molar-refractivity contribution in [2.75, 3.05) is 38.7 Å². The molecule has 0 unspecified atom stereocenters. The topological polar surface area (TPSA) is 56.1 Å². The summed E-state index contributed by atoms with van der Waals surface area (Å²) >= 11 is 1.55. The zero-order valence-electron chi connectivity index (χ0n) is 17.0. The summed E-state index contributed by atoms with van der Waals surface area (Å²) in [6.45, 7) is 3.82. The molecule has 7 heteroatoms. The van der Waals surface area contributed by atoms with Crippen molar-refractivity contribution >= 4 is 32.6 Å². The maximum atomic E-state index is 13.4. The summed E-state index contributed by atoms with van der Waals surface area (Å²) in [4.78, 5) is 21.3. The highest BCUT2D eigenvalue weighted by atomic mass is 32.1. The van der Waals surface area contributed by atoms with Crippen LogP contribution in [0.25, 0.3) is 10.2 Å². The molecule has 0 fully saturated rings. The van der Waals surface area contributed by atoms with Crippen LogP contribution in [0.5, 0.6) is 11.5 Å². The molecule has 0 radical (unpaired) electrons. The molecule has 1 atom stereocenters. The van der Waals surface area contributed by atoms with Crippen LogP contribution in [0.3, 0.4) is 0 Å². The number of rotatable bonds is 6. The number of hydrogen-bond acceptors (Lipinski definition) is 5. The Morgan fingerprint density at radius 2 is 2.00 bits per heavy atom. The molecule has 152 valence electrons. The number of nitrogens with one attached hydrogen (secondary N) is 1. The molecule has 1 aliphatic rings. The number of para-hydroxylation sites is 3. The zero-order valence-corrected chi connectivity index (χ0v) is 17.8. The largest absolute Gasteiger partial charge is 0.485 e. The van der Waals surface area contributed by atoms with E-state index in [1.165, 1.54) is 4.90 Å². The van der Waals surface area contributed by atoms with E-state index in [1.807, 2.05) is 49.4 Å². The van der Waals surface area contributed by atoms with Crippen molar-refractivity contribution in [3.8, 4) is 11.5 Å². The van der Waals surface area contributed by atoms with Gasteiger partial charge in [-0.05, 0) is 30.7 Å². The molecule has 2 aromatic carbocycles. The second-order valence-electron chi connectivity index (χ2n) is 7.58. The number of carbonyl (C=O) groups excluding carboxylic acids is 1. The minimum atomic E-state index is -0.676. The average Bonchev–Trinajstić information content (AvgIpc) is 3.15. The molecule has 4 rings (SSSR count). The van der Waals surface area contributed by atoms with E-state index in [4.69, 9.17) is 14.5 Å². The van der Waals surface area contributed by atoms with Crippen molar-refractivity contribution in [2.24, 2.45) is 0 Å². The van der Waals surface area contributed by atoms with Crippen LogP contribution in [0.1, 0.15) is 12.0 Å². The second kappa shape index (κ2) is 8.39. The molecular weight excluding hydrogens is 386 g/mol. The molecule has 2 heterocycles. The van der Waals surface area contributed by atoms with Gasteiger partial charge in [0.15, 0.2) is 16.6 Å². The predicted molar refractivity (Wildman–Crippen MR) is 115 cm³/mol. The van der Waals surface area contributed by atoms with Crippen molar-refractivity contribution in [1.29, 1.82) is 0 Å². The van der Waals surface area contributed by atoms with Crippen LogP contribution in [0, 0.1) is 6.92 Å². The number of benzene rings is 2. The quantitative estimate of drug-likeness (QED) is 0.675. The Morgan fingerprint density at radius 3 is 2.76 bits per heavy atom. The van der Waals surface area contributed by atoms with E-state index in [1.54, 1.807) is 16.2 Å². The van der Waals surface area contributed by atoms with Gasteiger partial charge >= 0.3 is 0 Å². The van der Waals surface area contributed by atoms with Crippen molar-refractivity contribution in [2.45, 2.75) is 19.4 Å². The molecular formula is C22H26N3O3S+. The van der Waals surface area contributed by atoms with E-state index < -0.39 is 6.10 Å². The number of quaternary nitrogens is 1. The number of carbonyl (C=O) groups is 1. The van der Waals surface area contributed by atoms with Crippen LogP contribution in [-0.2, 0) is 4.79 Å². The summed E-state index contributed by atoms with van der Waals surface area (Å²) in [5.41, 5.74) is 2.07. The summed E-state index contributed by atoms with van der Waals surface area (Å²) in [5, 5.41) is 0.718. The minimum Gasteiger partial charge on any atom is -0.485 e. The summed E-state index contributed by atoms with van der Waals surface area (Å²) in [6, 6.07) is 13.6. The number of nitrogens with zero attached hydrogens (tertiary/aromatic N) is 2. The number of aromatic nitrogens is 1. The van der Waals surface area contributed by atoms with E-state index in [-0.39, 0.29) is 12.5 Å². The third-order valence-corrected chi connectivity index (χ3v) is 5.99. The lowest BCUT2D eigenvalue weighted by Crippen LogP contribution is -3.05. The second-order valence-corrected chi connectivity index (χ2v) is 8.59. The van der Waals surface area contributed by atoms with E-state index in [0.29, 0.717) is 18.0 Å². The molecule has 1 amide bonds. The number of anilines is 1. The molecule has 1 aromatic heterocycles. The lowest BCUT2D eigenvalue weighted by Gasteiger charge is -2.29. The Morgan fingerprint density at radius 1 is 1.21 bits per heavy atom. The first-order valence-electron chi connectivity index (χ1n) is 9.88. The SMILES string of the molecule is Cc1cccc2sc(N(CCC[NH+](C)C)C(=O)[C@H]3COc4ccccc4O3)nc12. The third kappa shape index (κ3) is 4.21. The van der Waals surface area contributed by atoms with Gasteiger partial charge < -0.3 is 14.4 Å². The first kappa shape index (κ1) is 19.7. The maximum absolute atomic E-state index is 13.4. The van der Waals surface area contributed by atoms with Crippen molar-refractivity contribution < 1.29 is 19.2 Å². The van der Waals surface area contributed by atoms with Crippen LogP contribution in [-0.4, -0.2) is 50.8 Å². The Kier molecular flexibility index (Phi) is 5.69.